The lowest BCUT2D eigenvalue weighted by Gasteiger charge is -2.35. The normalized spacial score (nSPS) is 14.3. The number of carbonyl (C=O) groups is 1. The lowest BCUT2D eigenvalue weighted by molar-refractivity contribution is 0.0577. The number of rotatable bonds is 5. The predicted molar refractivity (Wildman–Crippen MR) is 112 cm³/mol. The molecule has 29 heavy (non-hydrogen) atoms. The van der Waals surface area contributed by atoms with E-state index in [0.717, 1.165) is 22.6 Å². The third kappa shape index (κ3) is 3.50. The number of benzene rings is 2. The van der Waals surface area contributed by atoms with Gasteiger partial charge in [0.2, 0.25) is 0 Å². The number of nitrogens with one attached hydrogen (secondary N) is 2. The minimum atomic E-state index is -0.101. The van der Waals surface area contributed by atoms with Gasteiger partial charge in [-0.15, -0.1) is 0 Å². The van der Waals surface area contributed by atoms with E-state index in [2.05, 4.69) is 11.1 Å². The summed E-state index contributed by atoms with van der Waals surface area (Å²) in [5.41, 5.74) is 1.96. The second kappa shape index (κ2) is 7.64. The Hall–Kier alpha value is -3.85. The van der Waals surface area contributed by atoms with Crippen molar-refractivity contribution < 1.29 is 9.53 Å². The average Bonchev–Trinajstić information content (AvgIpc) is 3.08. The summed E-state index contributed by atoms with van der Waals surface area (Å²) in [4.78, 5) is 17.5. The molecule has 0 atom stereocenters. The van der Waals surface area contributed by atoms with Gasteiger partial charge in [0.1, 0.15) is 5.75 Å². The van der Waals surface area contributed by atoms with E-state index in [0.29, 0.717) is 35.9 Å². The Morgan fingerprint density at radius 2 is 2.03 bits per heavy atom. The number of carbonyl (C=O) groups excluding carboxylic acids is 1. The molecule has 2 heterocycles. The number of nitrogens with zero attached hydrogens (tertiary/aromatic N) is 2. The molecule has 3 aromatic rings. The molecule has 1 fully saturated rings. The summed E-state index contributed by atoms with van der Waals surface area (Å²) < 4.78 is 6.07. The van der Waals surface area contributed by atoms with E-state index in [4.69, 9.17) is 15.4 Å². The third-order valence-corrected chi connectivity index (χ3v) is 5.15. The second-order valence-electron chi connectivity index (χ2n) is 7.05. The molecule has 0 radical (unpaired) electrons. The van der Waals surface area contributed by atoms with Gasteiger partial charge < -0.3 is 20.0 Å². The third-order valence-electron chi connectivity index (χ3n) is 5.15. The molecule has 0 spiro atoms. The van der Waals surface area contributed by atoms with Crippen molar-refractivity contribution in [3.63, 3.8) is 0 Å². The van der Waals surface area contributed by atoms with E-state index in [1.807, 2.05) is 49.4 Å². The summed E-state index contributed by atoms with van der Waals surface area (Å²) in [6, 6.07) is 16.0. The van der Waals surface area contributed by atoms with Gasteiger partial charge in [-0.05, 0) is 35.4 Å². The molecule has 6 nitrogen and oxygen atoms in total. The van der Waals surface area contributed by atoms with E-state index < -0.39 is 0 Å². The zero-order valence-electron chi connectivity index (χ0n) is 16.0. The summed E-state index contributed by atoms with van der Waals surface area (Å²) in [6.07, 6.45) is 4.37. The fraction of sp³-hybridized carbons (Fsp3) is 0.174. The maximum atomic E-state index is 12.7. The number of hydrogen-bond acceptors (Lipinski definition) is 4. The number of amides is 1. The number of hydrogen-bond donors (Lipinski definition) is 2. The lowest BCUT2D eigenvalue weighted by atomic mass is 10.00. The first-order valence-corrected chi connectivity index (χ1v) is 9.35. The van der Waals surface area contributed by atoms with Crippen molar-refractivity contribution in [2.24, 2.45) is 5.92 Å². The number of likely N-dealkylation sites (tertiary alicyclic amines) is 1. The lowest BCUT2D eigenvalue weighted by Crippen LogP contribution is -2.49. The maximum Gasteiger partial charge on any atom is 0.255 e. The number of fused-ring (bicyclic) bond motifs is 1. The standard InChI is InChI=1S/C23H20N4O2/c1-15-20(23(28)27-13-16(11-25)14-27)12-26-22(15)21(8-9-24)29-19-7-6-17-4-2-3-5-18(17)10-19/h2-10,12,16,24,26H,13-14H2,1H3/b21-8+,24-9?. The number of allylic oxidation sites excluding steroid dienone is 1. The van der Waals surface area contributed by atoms with Crippen LogP contribution < -0.4 is 4.74 Å². The van der Waals surface area contributed by atoms with Gasteiger partial charge in [0.05, 0.1) is 23.2 Å². The summed E-state index contributed by atoms with van der Waals surface area (Å²) in [5, 5.41) is 18.6. The summed E-state index contributed by atoms with van der Waals surface area (Å²) >= 11 is 0. The highest BCUT2D eigenvalue weighted by Crippen LogP contribution is 2.28. The predicted octanol–water partition coefficient (Wildman–Crippen LogP) is 4.14. The van der Waals surface area contributed by atoms with Crippen molar-refractivity contribution in [3.05, 3.63) is 71.6 Å². The molecule has 1 saturated heterocycles. The molecular weight excluding hydrogens is 364 g/mol. The fourth-order valence-electron chi connectivity index (χ4n) is 3.47. The molecule has 6 heteroatoms. The molecule has 0 unspecified atom stereocenters. The SMILES string of the molecule is Cc1c(C(=O)N2CC(C#N)C2)c[nH]c1/C(=C\C=N)Oc1ccc2ccccc2c1. The van der Waals surface area contributed by atoms with Gasteiger partial charge in [-0.2, -0.15) is 5.26 Å². The van der Waals surface area contributed by atoms with E-state index in [-0.39, 0.29) is 11.8 Å². The molecule has 1 aliphatic rings. The first kappa shape index (κ1) is 18.5. The maximum absolute atomic E-state index is 12.7. The van der Waals surface area contributed by atoms with Crippen molar-refractivity contribution >= 4 is 28.7 Å². The molecule has 0 saturated carbocycles. The van der Waals surface area contributed by atoms with Crippen LogP contribution >= 0.6 is 0 Å². The molecule has 1 aliphatic heterocycles. The Balaban J connectivity index is 1.60. The number of aromatic nitrogens is 1. The average molecular weight is 384 g/mol. The highest BCUT2D eigenvalue weighted by molar-refractivity contribution is 5.97. The Morgan fingerprint density at radius 3 is 2.76 bits per heavy atom. The summed E-state index contributed by atoms with van der Waals surface area (Å²) in [6.45, 7) is 2.78. The first-order valence-electron chi connectivity index (χ1n) is 9.35. The van der Waals surface area contributed by atoms with Gasteiger partial charge in [-0.3, -0.25) is 4.79 Å². The zero-order chi connectivity index (χ0) is 20.4. The number of aromatic amines is 1. The van der Waals surface area contributed by atoms with Crippen LogP contribution in [0.4, 0.5) is 0 Å². The Bertz CT molecular complexity index is 1160. The van der Waals surface area contributed by atoms with Crippen molar-refractivity contribution in [1.29, 1.82) is 10.7 Å². The van der Waals surface area contributed by atoms with Crippen LogP contribution in [0, 0.1) is 29.6 Å². The molecule has 2 N–H and O–H groups in total. The quantitative estimate of drug-likeness (QED) is 0.511. The molecule has 2 aromatic carbocycles. The van der Waals surface area contributed by atoms with Crippen LogP contribution in [-0.2, 0) is 0 Å². The van der Waals surface area contributed by atoms with E-state index in [1.54, 1.807) is 17.2 Å². The smallest absolute Gasteiger partial charge is 0.255 e. The molecule has 0 bridgehead atoms. The van der Waals surface area contributed by atoms with Gasteiger partial charge in [0.15, 0.2) is 5.76 Å². The van der Waals surface area contributed by atoms with Crippen molar-refractivity contribution in [2.75, 3.05) is 13.1 Å². The largest absolute Gasteiger partial charge is 0.455 e. The molecule has 1 amide bonds. The van der Waals surface area contributed by atoms with Gasteiger partial charge in [0, 0.05) is 31.6 Å². The van der Waals surface area contributed by atoms with Crippen LogP contribution in [0.1, 0.15) is 21.6 Å². The Kier molecular flexibility index (Phi) is 4.88. The van der Waals surface area contributed by atoms with Gasteiger partial charge in [-0.1, -0.05) is 30.3 Å². The van der Waals surface area contributed by atoms with Crippen LogP contribution in [-0.4, -0.2) is 35.1 Å². The minimum absolute atomic E-state index is 0.0812. The van der Waals surface area contributed by atoms with Crippen LogP contribution in [0.15, 0.2) is 54.7 Å². The molecular formula is C23H20N4O2. The van der Waals surface area contributed by atoms with E-state index >= 15 is 0 Å². The van der Waals surface area contributed by atoms with Crippen LogP contribution in [0.3, 0.4) is 0 Å². The topological polar surface area (TPSA) is 93.0 Å². The van der Waals surface area contributed by atoms with Crippen molar-refractivity contribution in [1.82, 2.24) is 9.88 Å². The zero-order valence-corrected chi connectivity index (χ0v) is 16.0. The van der Waals surface area contributed by atoms with E-state index in [1.165, 1.54) is 0 Å². The summed E-state index contributed by atoms with van der Waals surface area (Å²) in [7, 11) is 0. The molecule has 0 aliphatic carbocycles. The highest BCUT2D eigenvalue weighted by Gasteiger charge is 2.32. The van der Waals surface area contributed by atoms with E-state index in [9.17, 15) is 4.79 Å². The summed E-state index contributed by atoms with van der Waals surface area (Å²) in [5.74, 6) is 0.933. The van der Waals surface area contributed by atoms with Gasteiger partial charge in [-0.25, -0.2) is 0 Å². The Morgan fingerprint density at radius 1 is 1.28 bits per heavy atom. The highest BCUT2D eigenvalue weighted by atomic mass is 16.5. The fourth-order valence-corrected chi connectivity index (χ4v) is 3.47. The molecule has 144 valence electrons. The van der Waals surface area contributed by atoms with Gasteiger partial charge >= 0.3 is 0 Å². The molecule has 1 aromatic heterocycles. The number of nitriles is 1. The number of H-pyrrole nitrogens is 1. The first-order chi connectivity index (χ1) is 14.1. The number of ether oxygens (including phenoxy) is 1. The molecule has 4 rings (SSSR count). The van der Waals surface area contributed by atoms with Crippen LogP contribution in [0.25, 0.3) is 16.5 Å². The van der Waals surface area contributed by atoms with Crippen LogP contribution in [0.2, 0.25) is 0 Å². The van der Waals surface area contributed by atoms with Crippen molar-refractivity contribution in [2.45, 2.75) is 6.92 Å². The monoisotopic (exact) mass is 384 g/mol. The Labute approximate surface area is 168 Å². The van der Waals surface area contributed by atoms with Crippen LogP contribution in [0.5, 0.6) is 5.75 Å². The van der Waals surface area contributed by atoms with Gasteiger partial charge in [0.25, 0.3) is 5.91 Å². The minimum Gasteiger partial charge on any atom is -0.455 e. The second-order valence-corrected chi connectivity index (χ2v) is 7.05. The van der Waals surface area contributed by atoms with Crippen molar-refractivity contribution in [3.8, 4) is 11.8 Å².